The molecule has 0 aromatic heterocycles. The second-order valence-corrected chi connectivity index (χ2v) is 4.25. The number of rotatable bonds is 1. The standard InChI is InChI=1S/C11H18N3/c1-14(12)9-7-13(8-10-14)11-5-3-2-4-6-11/h2-6H,7-10,12H2,1H3/q+1. The van der Waals surface area contributed by atoms with Crippen molar-refractivity contribution in [1.29, 1.82) is 0 Å². The maximum atomic E-state index is 6.03. The molecule has 3 nitrogen and oxygen atoms in total. The van der Waals surface area contributed by atoms with E-state index in [1.54, 1.807) is 0 Å². The monoisotopic (exact) mass is 192 g/mol. The quantitative estimate of drug-likeness (QED) is 0.527. The van der Waals surface area contributed by atoms with Crippen LogP contribution in [0.3, 0.4) is 0 Å². The number of anilines is 1. The number of likely N-dealkylation sites (N-methyl/N-ethyl adjacent to an activating group) is 1. The molecule has 0 bridgehead atoms. The van der Waals surface area contributed by atoms with Crippen molar-refractivity contribution >= 4 is 5.69 Å². The Labute approximate surface area is 85.3 Å². The fourth-order valence-electron chi connectivity index (χ4n) is 1.82. The van der Waals surface area contributed by atoms with Gasteiger partial charge in [-0.2, -0.15) is 5.84 Å². The summed E-state index contributed by atoms with van der Waals surface area (Å²) in [6.45, 7) is 4.15. The summed E-state index contributed by atoms with van der Waals surface area (Å²) in [4.78, 5) is 2.40. The molecule has 14 heavy (non-hydrogen) atoms. The Hall–Kier alpha value is -1.06. The summed E-state index contributed by atoms with van der Waals surface area (Å²) < 4.78 is 0.656. The minimum Gasteiger partial charge on any atom is -0.360 e. The Morgan fingerprint density at radius 3 is 2.29 bits per heavy atom. The van der Waals surface area contributed by atoms with E-state index < -0.39 is 0 Å². The highest BCUT2D eigenvalue weighted by molar-refractivity contribution is 5.46. The minimum atomic E-state index is 0.656. The average Bonchev–Trinajstić information content (AvgIpc) is 2.19. The lowest BCUT2D eigenvalue weighted by molar-refractivity contribution is -0.921. The SMILES string of the molecule is C[N+]1(N)CCN(c2ccccc2)CC1. The summed E-state index contributed by atoms with van der Waals surface area (Å²) in [6.07, 6.45) is 0. The van der Waals surface area contributed by atoms with Crippen LogP contribution in [-0.2, 0) is 0 Å². The van der Waals surface area contributed by atoms with Gasteiger partial charge < -0.3 is 4.90 Å². The van der Waals surface area contributed by atoms with Crippen molar-refractivity contribution < 1.29 is 4.59 Å². The Morgan fingerprint density at radius 2 is 1.71 bits per heavy atom. The van der Waals surface area contributed by atoms with Crippen LogP contribution in [0, 0.1) is 0 Å². The molecule has 1 aliphatic rings. The van der Waals surface area contributed by atoms with E-state index in [1.807, 2.05) is 0 Å². The first-order chi connectivity index (χ1) is 6.67. The average molecular weight is 192 g/mol. The van der Waals surface area contributed by atoms with Crippen LogP contribution >= 0.6 is 0 Å². The molecule has 1 aromatic rings. The molecule has 1 heterocycles. The third-order valence-electron chi connectivity index (χ3n) is 2.88. The predicted octanol–water partition coefficient (Wildman–Crippen LogP) is 0.827. The number of hydrogen-bond donors (Lipinski definition) is 1. The lowest BCUT2D eigenvalue weighted by atomic mass is 10.2. The number of benzene rings is 1. The fraction of sp³-hybridized carbons (Fsp3) is 0.455. The molecule has 0 amide bonds. The molecule has 3 heteroatoms. The van der Waals surface area contributed by atoms with Gasteiger partial charge in [0.05, 0.1) is 20.1 Å². The van der Waals surface area contributed by atoms with Gasteiger partial charge in [-0.15, -0.1) is 0 Å². The van der Waals surface area contributed by atoms with Crippen molar-refractivity contribution in [2.75, 3.05) is 38.1 Å². The van der Waals surface area contributed by atoms with Crippen LogP contribution in [0.5, 0.6) is 0 Å². The molecule has 0 aliphatic carbocycles. The summed E-state index contributed by atoms with van der Waals surface area (Å²) >= 11 is 0. The van der Waals surface area contributed by atoms with Gasteiger partial charge in [-0.1, -0.05) is 18.2 Å². The number of para-hydroxylation sites is 1. The van der Waals surface area contributed by atoms with Crippen LogP contribution in [0.25, 0.3) is 0 Å². The first-order valence-electron chi connectivity index (χ1n) is 5.10. The van der Waals surface area contributed by atoms with Gasteiger partial charge in [0.1, 0.15) is 13.1 Å². The molecule has 1 aliphatic heterocycles. The fourth-order valence-corrected chi connectivity index (χ4v) is 1.82. The van der Waals surface area contributed by atoms with Crippen LogP contribution in [-0.4, -0.2) is 37.8 Å². The van der Waals surface area contributed by atoms with Crippen LogP contribution < -0.4 is 10.7 Å². The second kappa shape index (κ2) is 3.59. The van der Waals surface area contributed by atoms with Gasteiger partial charge in [0.25, 0.3) is 0 Å². The summed E-state index contributed by atoms with van der Waals surface area (Å²) in [5.74, 6) is 6.03. The predicted molar refractivity (Wildman–Crippen MR) is 58.8 cm³/mol. The molecule has 0 radical (unpaired) electrons. The molecule has 1 saturated heterocycles. The Balaban J connectivity index is 2.03. The van der Waals surface area contributed by atoms with E-state index in [0.29, 0.717) is 4.59 Å². The molecular weight excluding hydrogens is 174 g/mol. The molecule has 0 saturated carbocycles. The summed E-state index contributed by atoms with van der Waals surface area (Å²) in [5.41, 5.74) is 1.31. The van der Waals surface area contributed by atoms with Crippen LogP contribution in [0.2, 0.25) is 0 Å². The van der Waals surface area contributed by atoms with Gasteiger partial charge in [0.15, 0.2) is 0 Å². The molecule has 1 fully saturated rings. The molecule has 2 rings (SSSR count). The third-order valence-corrected chi connectivity index (χ3v) is 2.88. The van der Waals surface area contributed by atoms with Crippen molar-refractivity contribution in [3.05, 3.63) is 30.3 Å². The maximum Gasteiger partial charge on any atom is 0.114 e. The Kier molecular flexibility index (Phi) is 2.44. The smallest absolute Gasteiger partial charge is 0.114 e. The van der Waals surface area contributed by atoms with E-state index in [9.17, 15) is 0 Å². The third kappa shape index (κ3) is 2.05. The highest BCUT2D eigenvalue weighted by Gasteiger charge is 2.25. The Bertz CT molecular complexity index is 285. The number of piperazine rings is 1. The highest BCUT2D eigenvalue weighted by atomic mass is 15.6. The van der Waals surface area contributed by atoms with Crippen molar-refractivity contribution in [2.24, 2.45) is 5.84 Å². The highest BCUT2D eigenvalue weighted by Crippen LogP contribution is 2.15. The zero-order chi connectivity index (χ0) is 10.0. The number of quaternary nitrogens is 1. The maximum absolute atomic E-state index is 6.03. The minimum absolute atomic E-state index is 0.656. The molecule has 1 aromatic carbocycles. The van der Waals surface area contributed by atoms with Crippen molar-refractivity contribution in [3.8, 4) is 0 Å². The van der Waals surface area contributed by atoms with E-state index in [1.165, 1.54) is 5.69 Å². The topological polar surface area (TPSA) is 29.3 Å². The summed E-state index contributed by atoms with van der Waals surface area (Å²) in [6, 6.07) is 10.5. The first-order valence-corrected chi connectivity index (χ1v) is 5.10. The van der Waals surface area contributed by atoms with Gasteiger partial charge >= 0.3 is 0 Å². The van der Waals surface area contributed by atoms with Gasteiger partial charge in [-0.05, 0) is 12.1 Å². The molecule has 2 N–H and O–H groups in total. The van der Waals surface area contributed by atoms with Gasteiger partial charge in [-0.25, -0.2) is 4.59 Å². The van der Waals surface area contributed by atoms with E-state index in [4.69, 9.17) is 5.84 Å². The van der Waals surface area contributed by atoms with Crippen LogP contribution in [0.15, 0.2) is 30.3 Å². The molecular formula is C11H18N3+. The number of nitrogens with zero attached hydrogens (tertiary/aromatic N) is 2. The van der Waals surface area contributed by atoms with Gasteiger partial charge in [0.2, 0.25) is 0 Å². The normalized spacial score (nSPS) is 20.9. The van der Waals surface area contributed by atoms with Crippen LogP contribution in [0.1, 0.15) is 0 Å². The second-order valence-electron chi connectivity index (χ2n) is 4.25. The lowest BCUT2D eigenvalue weighted by Crippen LogP contribution is -2.61. The van der Waals surface area contributed by atoms with Gasteiger partial charge in [-0.3, -0.25) is 0 Å². The zero-order valence-electron chi connectivity index (χ0n) is 8.69. The molecule has 0 spiro atoms. The molecule has 76 valence electrons. The van der Waals surface area contributed by atoms with Crippen molar-refractivity contribution in [3.63, 3.8) is 0 Å². The van der Waals surface area contributed by atoms with E-state index >= 15 is 0 Å². The zero-order valence-corrected chi connectivity index (χ0v) is 8.69. The van der Waals surface area contributed by atoms with Gasteiger partial charge in [0, 0.05) is 5.69 Å². The van der Waals surface area contributed by atoms with E-state index in [0.717, 1.165) is 26.2 Å². The first kappa shape index (κ1) is 9.49. The van der Waals surface area contributed by atoms with Crippen molar-refractivity contribution in [1.82, 2.24) is 0 Å². The van der Waals surface area contributed by atoms with E-state index in [-0.39, 0.29) is 0 Å². The Morgan fingerprint density at radius 1 is 1.14 bits per heavy atom. The molecule has 0 atom stereocenters. The summed E-state index contributed by atoms with van der Waals surface area (Å²) in [5, 5.41) is 0. The van der Waals surface area contributed by atoms with Crippen LogP contribution in [0.4, 0.5) is 5.69 Å². The lowest BCUT2D eigenvalue weighted by Gasteiger charge is -2.38. The van der Waals surface area contributed by atoms with Crippen molar-refractivity contribution in [2.45, 2.75) is 0 Å². The molecule has 0 unspecified atom stereocenters. The largest absolute Gasteiger partial charge is 0.360 e. The number of nitrogens with two attached hydrogens (primary N) is 1. The number of hydrogen-bond acceptors (Lipinski definition) is 2. The summed E-state index contributed by atoms with van der Waals surface area (Å²) in [7, 11) is 2.09. The van der Waals surface area contributed by atoms with E-state index in [2.05, 4.69) is 42.3 Å².